The molecule has 0 amide bonds. The molecule has 1 saturated carbocycles. The molecule has 1 aliphatic rings. The molecule has 2 nitrogen and oxygen atoms in total. The van der Waals surface area contributed by atoms with Gasteiger partial charge < -0.3 is 5.11 Å². The van der Waals surface area contributed by atoms with Crippen LogP contribution in [0, 0.1) is 11.8 Å². The predicted molar refractivity (Wildman–Crippen MR) is 74.4 cm³/mol. The van der Waals surface area contributed by atoms with E-state index in [2.05, 4.69) is 31.0 Å². The first-order chi connectivity index (χ1) is 8.72. The Bertz CT molecular complexity index is 360. The predicted octanol–water partition coefficient (Wildman–Crippen LogP) is 3.37. The van der Waals surface area contributed by atoms with Crippen molar-refractivity contribution in [2.75, 3.05) is 0 Å². The lowest BCUT2D eigenvalue weighted by Gasteiger charge is -2.18. The summed E-state index contributed by atoms with van der Waals surface area (Å²) >= 11 is 0. The average Bonchev–Trinajstić information content (AvgIpc) is 2.88. The van der Waals surface area contributed by atoms with Crippen molar-refractivity contribution in [1.29, 1.82) is 0 Å². The number of aromatic nitrogens is 1. The van der Waals surface area contributed by atoms with E-state index in [1.165, 1.54) is 31.2 Å². The third kappa shape index (κ3) is 3.32. The normalized spacial score (nSPS) is 25.3. The molecule has 0 bridgehead atoms. The molecule has 1 fully saturated rings. The molecule has 1 aromatic rings. The fourth-order valence-electron chi connectivity index (χ4n) is 3.00. The zero-order valence-corrected chi connectivity index (χ0v) is 11.6. The van der Waals surface area contributed by atoms with Crippen LogP contribution in [-0.4, -0.2) is 16.2 Å². The van der Waals surface area contributed by atoms with E-state index in [-0.39, 0.29) is 6.10 Å². The van der Waals surface area contributed by atoms with Crippen LogP contribution in [0.4, 0.5) is 0 Å². The number of rotatable bonds is 5. The first-order valence-corrected chi connectivity index (χ1v) is 7.34. The molecule has 1 heterocycles. The molecular formula is C16H25NO. The van der Waals surface area contributed by atoms with Gasteiger partial charge in [-0.3, -0.25) is 4.98 Å². The Labute approximate surface area is 110 Å². The molecule has 0 saturated heterocycles. The molecule has 0 aromatic carbocycles. The van der Waals surface area contributed by atoms with Crippen LogP contribution in [0.5, 0.6) is 0 Å². The van der Waals surface area contributed by atoms with E-state index < -0.39 is 0 Å². The Morgan fingerprint density at radius 3 is 2.72 bits per heavy atom. The van der Waals surface area contributed by atoms with Crippen LogP contribution < -0.4 is 0 Å². The van der Waals surface area contributed by atoms with Gasteiger partial charge in [-0.25, -0.2) is 0 Å². The topological polar surface area (TPSA) is 33.1 Å². The van der Waals surface area contributed by atoms with Crippen molar-refractivity contribution in [2.45, 2.75) is 58.5 Å². The maximum Gasteiger partial charge on any atom is 0.0623 e. The molecule has 0 spiro atoms. The molecule has 3 atom stereocenters. The number of nitrogens with zero attached hydrogens (tertiary/aromatic N) is 1. The van der Waals surface area contributed by atoms with Gasteiger partial charge in [-0.05, 0) is 42.7 Å². The van der Waals surface area contributed by atoms with Gasteiger partial charge in [0, 0.05) is 18.3 Å². The van der Waals surface area contributed by atoms with Crippen molar-refractivity contribution in [1.82, 2.24) is 4.98 Å². The van der Waals surface area contributed by atoms with Crippen LogP contribution in [0.25, 0.3) is 0 Å². The van der Waals surface area contributed by atoms with Crippen molar-refractivity contribution < 1.29 is 5.11 Å². The molecule has 2 heteroatoms. The quantitative estimate of drug-likeness (QED) is 0.865. The summed E-state index contributed by atoms with van der Waals surface area (Å²) in [5.74, 6) is 1.32. The molecular weight excluding hydrogens is 222 g/mol. The van der Waals surface area contributed by atoms with Crippen molar-refractivity contribution in [3.05, 3.63) is 29.6 Å². The van der Waals surface area contributed by atoms with E-state index in [1.807, 2.05) is 6.20 Å². The number of hydrogen-bond acceptors (Lipinski definition) is 2. The average molecular weight is 247 g/mol. The van der Waals surface area contributed by atoms with E-state index in [9.17, 15) is 5.11 Å². The number of aliphatic hydroxyl groups excluding tert-OH is 1. The Kier molecular flexibility index (Phi) is 4.76. The minimum atomic E-state index is -0.207. The van der Waals surface area contributed by atoms with Crippen LogP contribution in [-0.2, 0) is 12.8 Å². The molecule has 100 valence electrons. The smallest absolute Gasteiger partial charge is 0.0623 e. The lowest BCUT2D eigenvalue weighted by Crippen LogP contribution is -2.21. The number of aryl methyl sites for hydroxylation is 1. The summed E-state index contributed by atoms with van der Waals surface area (Å²) < 4.78 is 0. The van der Waals surface area contributed by atoms with Crippen molar-refractivity contribution >= 4 is 0 Å². The SMILES string of the molecule is CCc1ccc(CC(O)C2CCC(CC)C2)nc1. The lowest BCUT2D eigenvalue weighted by molar-refractivity contribution is 0.107. The van der Waals surface area contributed by atoms with Gasteiger partial charge in [-0.2, -0.15) is 0 Å². The molecule has 2 rings (SSSR count). The molecule has 1 aliphatic carbocycles. The number of aliphatic hydroxyl groups is 1. The van der Waals surface area contributed by atoms with Crippen LogP contribution in [0.15, 0.2) is 18.3 Å². The van der Waals surface area contributed by atoms with Crippen molar-refractivity contribution in [3.8, 4) is 0 Å². The number of hydrogen-bond donors (Lipinski definition) is 1. The minimum absolute atomic E-state index is 0.207. The summed E-state index contributed by atoms with van der Waals surface area (Å²) in [6.07, 6.45) is 8.40. The van der Waals surface area contributed by atoms with E-state index in [0.29, 0.717) is 12.3 Å². The molecule has 1 aromatic heterocycles. The third-order valence-corrected chi connectivity index (χ3v) is 4.42. The van der Waals surface area contributed by atoms with E-state index >= 15 is 0 Å². The summed E-state index contributed by atoms with van der Waals surface area (Å²) in [5, 5.41) is 10.3. The maximum atomic E-state index is 10.3. The first kappa shape index (κ1) is 13.5. The first-order valence-electron chi connectivity index (χ1n) is 7.34. The van der Waals surface area contributed by atoms with Gasteiger partial charge >= 0.3 is 0 Å². The van der Waals surface area contributed by atoms with Gasteiger partial charge in [-0.1, -0.05) is 32.8 Å². The second-order valence-electron chi connectivity index (χ2n) is 5.63. The summed E-state index contributed by atoms with van der Waals surface area (Å²) in [6, 6.07) is 4.19. The van der Waals surface area contributed by atoms with Crippen LogP contribution in [0.2, 0.25) is 0 Å². The fourth-order valence-corrected chi connectivity index (χ4v) is 3.00. The Balaban J connectivity index is 1.88. The zero-order chi connectivity index (χ0) is 13.0. The summed E-state index contributed by atoms with van der Waals surface area (Å²) in [4.78, 5) is 4.44. The van der Waals surface area contributed by atoms with Gasteiger partial charge in [0.05, 0.1) is 6.10 Å². The summed E-state index contributed by atoms with van der Waals surface area (Å²) in [5.41, 5.74) is 2.29. The monoisotopic (exact) mass is 247 g/mol. The van der Waals surface area contributed by atoms with E-state index in [1.54, 1.807) is 0 Å². The van der Waals surface area contributed by atoms with Crippen LogP contribution >= 0.6 is 0 Å². The lowest BCUT2D eigenvalue weighted by atomic mass is 9.94. The van der Waals surface area contributed by atoms with Crippen molar-refractivity contribution in [3.63, 3.8) is 0 Å². The standard InChI is InChI=1S/C16H25NO/c1-3-12-5-7-14(9-12)16(18)10-15-8-6-13(4-2)11-17-15/h6,8,11-12,14,16,18H,3-5,7,9-10H2,1-2H3. The van der Waals surface area contributed by atoms with E-state index in [4.69, 9.17) is 0 Å². The highest BCUT2D eigenvalue weighted by Gasteiger charge is 2.28. The molecule has 0 aliphatic heterocycles. The number of pyridine rings is 1. The van der Waals surface area contributed by atoms with E-state index in [0.717, 1.165) is 18.0 Å². The highest BCUT2D eigenvalue weighted by Crippen LogP contribution is 2.35. The van der Waals surface area contributed by atoms with Crippen LogP contribution in [0.3, 0.4) is 0 Å². The Morgan fingerprint density at radius 1 is 1.33 bits per heavy atom. The molecule has 1 N–H and O–H groups in total. The van der Waals surface area contributed by atoms with Gasteiger partial charge in [0.1, 0.15) is 0 Å². The maximum absolute atomic E-state index is 10.3. The summed E-state index contributed by atoms with van der Waals surface area (Å²) in [7, 11) is 0. The van der Waals surface area contributed by atoms with Gasteiger partial charge in [0.15, 0.2) is 0 Å². The second-order valence-corrected chi connectivity index (χ2v) is 5.63. The van der Waals surface area contributed by atoms with Crippen LogP contribution in [0.1, 0.15) is 50.8 Å². The highest BCUT2D eigenvalue weighted by atomic mass is 16.3. The highest BCUT2D eigenvalue weighted by molar-refractivity contribution is 5.14. The fraction of sp³-hybridized carbons (Fsp3) is 0.688. The van der Waals surface area contributed by atoms with Gasteiger partial charge in [0.25, 0.3) is 0 Å². The molecule has 3 unspecified atom stereocenters. The molecule has 0 radical (unpaired) electrons. The zero-order valence-electron chi connectivity index (χ0n) is 11.6. The Morgan fingerprint density at radius 2 is 2.17 bits per heavy atom. The Hall–Kier alpha value is -0.890. The molecule has 18 heavy (non-hydrogen) atoms. The third-order valence-electron chi connectivity index (χ3n) is 4.42. The second kappa shape index (κ2) is 6.33. The largest absolute Gasteiger partial charge is 0.392 e. The van der Waals surface area contributed by atoms with Crippen molar-refractivity contribution in [2.24, 2.45) is 11.8 Å². The summed E-state index contributed by atoms with van der Waals surface area (Å²) in [6.45, 7) is 4.39. The van der Waals surface area contributed by atoms with Gasteiger partial charge in [0.2, 0.25) is 0 Å². The van der Waals surface area contributed by atoms with Gasteiger partial charge in [-0.15, -0.1) is 0 Å². The minimum Gasteiger partial charge on any atom is -0.392 e.